The second kappa shape index (κ2) is 6.81. The van der Waals surface area contributed by atoms with E-state index in [0.717, 1.165) is 18.5 Å². The van der Waals surface area contributed by atoms with E-state index in [1.807, 2.05) is 35.2 Å². The summed E-state index contributed by atoms with van der Waals surface area (Å²) in [5, 5.41) is 15.7. The maximum atomic E-state index is 13.0. The second-order valence-corrected chi connectivity index (χ2v) is 8.13. The number of hydrogen-bond donors (Lipinski definition) is 1. The Balaban J connectivity index is 1.36. The molecule has 1 aliphatic carbocycles. The van der Waals surface area contributed by atoms with Crippen LogP contribution in [0.1, 0.15) is 25.7 Å². The zero-order valence-corrected chi connectivity index (χ0v) is 16.1. The molecule has 3 heterocycles. The largest absolute Gasteiger partial charge is 0.388 e. The van der Waals surface area contributed by atoms with Crippen molar-refractivity contribution >= 4 is 16.9 Å². The van der Waals surface area contributed by atoms with E-state index < -0.39 is 5.60 Å². The monoisotopic (exact) mass is 393 g/mol. The Morgan fingerprint density at radius 2 is 1.90 bits per heavy atom. The van der Waals surface area contributed by atoms with Gasteiger partial charge >= 0.3 is 0 Å². The zero-order valence-electron chi connectivity index (χ0n) is 16.1. The smallest absolute Gasteiger partial charge is 0.264 e. The zero-order chi connectivity index (χ0) is 20.0. The van der Waals surface area contributed by atoms with E-state index in [1.165, 1.54) is 17.1 Å². The molecule has 2 aromatic heterocycles. The summed E-state index contributed by atoms with van der Waals surface area (Å²) in [4.78, 5) is 31.5. The minimum atomic E-state index is -1.02. The lowest BCUT2D eigenvalue weighted by atomic mass is 9.91. The summed E-state index contributed by atoms with van der Waals surface area (Å²) in [6.07, 6.45) is 5.88. The predicted octanol–water partition coefficient (Wildman–Crippen LogP) is 1.35. The Kier molecular flexibility index (Phi) is 4.24. The molecule has 1 amide bonds. The van der Waals surface area contributed by atoms with Crippen molar-refractivity contribution in [1.82, 2.24) is 24.2 Å². The molecule has 1 aromatic carbocycles. The number of amides is 1. The molecule has 8 heteroatoms. The average Bonchev–Trinajstić information content (AvgIpc) is 3.50. The molecular formula is C21H23N5O3. The topological polar surface area (TPSA) is 93.2 Å². The summed E-state index contributed by atoms with van der Waals surface area (Å²) in [7, 11) is 0. The third-order valence-corrected chi connectivity index (χ3v) is 5.95. The van der Waals surface area contributed by atoms with Crippen LogP contribution in [0.5, 0.6) is 0 Å². The molecule has 0 radical (unpaired) electrons. The van der Waals surface area contributed by atoms with Crippen LogP contribution in [-0.2, 0) is 11.3 Å². The Hall–Kier alpha value is -3.00. The molecule has 2 aliphatic rings. The Morgan fingerprint density at radius 1 is 1.17 bits per heavy atom. The number of likely N-dealkylation sites (tertiary alicyclic amines) is 1. The highest BCUT2D eigenvalue weighted by Gasteiger charge is 2.39. The number of piperidine rings is 1. The summed E-state index contributed by atoms with van der Waals surface area (Å²) >= 11 is 0. The Labute approximate surface area is 167 Å². The van der Waals surface area contributed by atoms with Crippen LogP contribution < -0.4 is 5.56 Å². The number of rotatable bonds is 4. The van der Waals surface area contributed by atoms with Gasteiger partial charge in [-0.3, -0.25) is 14.2 Å². The van der Waals surface area contributed by atoms with Gasteiger partial charge in [0, 0.05) is 19.0 Å². The van der Waals surface area contributed by atoms with Gasteiger partial charge in [-0.15, -0.1) is 0 Å². The fraction of sp³-hybridized carbons (Fsp3) is 0.429. The first-order valence-electron chi connectivity index (χ1n) is 10.0. The molecule has 29 heavy (non-hydrogen) atoms. The summed E-state index contributed by atoms with van der Waals surface area (Å²) in [6, 6.07) is 9.53. The maximum Gasteiger partial charge on any atom is 0.264 e. The normalized spacial score (nSPS) is 18.9. The molecule has 1 aliphatic heterocycles. The molecule has 3 aromatic rings. The van der Waals surface area contributed by atoms with Crippen LogP contribution >= 0.6 is 0 Å². The number of carbonyl (C=O) groups excluding carboxylic acids is 1. The van der Waals surface area contributed by atoms with Gasteiger partial charge in [-0.2, -0.15) is 5.10 Å². The average molecular weight is 393 g/mol. The van der Waals surface area contributed by atoms with Gasteiger partial charge in [-0.05, 0) is 37.8 Å². The SMILES string of the molecule is O=C(C1CC1)N1CCC(O)(Cn2cnc3c(cnn3-c3ccccc3)c2=O)CC1. The lowest BCUT2D eigenvalue weighted by Gasteiger charge is -2.38. The van der Waals surface area contributed by atoms with Crippen molar-refractivity contribution < 1.29 is 9.90 Å². The van der Waals surface area contributed by atoms with E-state index >= 15 is 0 Å². The van der Waals surface area contributed by atoms with Gasteiger partial charge in [0.1, 0.15) is 11.7 Å². The van der Waals surface area contributed by atoms with Crippen LogP contribution in [0.4, 0.5) is 0 Å². The molecule has 5 rings (SSSR count). The van der Waals surface area contributed by atoms with Crippen molar-refractivity contribution in [3.63, 3.8) is 0 Å². The van der Waals surface area contributed by atoms with Crippen molar-refractivity contribution in [2.45, 2.75) is 37.8 Å². The van der Waals surface area contributed by atoms with Gasteiger partial charge in [0.15, 0.2) is 5.65 Å². The molecule has 8 nitrogen and oxygen atoms in total. The number of fused-ring (bicyclic) bond motifs is 1. The van der Waals surface area contributed by atoms with Gasteiger partial charge < -0.3 is 10.0 Å². The fourth-order valence-corrected chi connectivity index (χ4v) is 4.03. The highest BCUT2D eigenvalue weighted by Crippen LogP contribution is 2.33. The molecule has 0 spiro atoms. The Morgan fingerprint density at radius 3 is 2.59 bits per heavy atom. The van der Waals surface area contributed by atoms with Crippen LogP contribution in [0.25, 0.3) is 16.7 Å². The first-order chi connectivity index (χ1) is 14.0. The number of benzene rings is 1. The van der Waals surface area contributed by atoms with E-state index in [0.29, 0.717) is 37.0 Å². The third-order valence-electron chi connectivity index (χ3n) is 5.95. The lowest BCUT2D eigenvalue weighted by molar-refractivity contribution is -0.137. The molecular weight excluding hydrogens is 370 g/mol. The highest BCUT2D eigenvalue weighted by molar-refractivity contribution is 5.81. The molecule has 0 atom stereocenters. The van der Waals surface area contributed by atoms with E-state index in [1.54, 1.807) is 4.68 Å². The van der Waals surface area contributed by atoms with Gasteiger partial charge in [0.25, 0.3) is 5.56 Å². The van der Waals surface area contributed by atoms with Crippen molar-refractivity contribution in [2.24, 2.45) is 5.92 Å². The van der Waals surface area contributed by atoms with Crippen LogP contribution in [-0.4, -0.2) is 53.9 Å². The highest BCUT2D eigenvalue weighted by atomic mass is 16.3. The number of aliphatic hydroxyl groups is 1. The number of hydrogen-bond acceptors (Lipinski definition) is 5. The summed E-state index contributed by atoms with van der Waals surface area (Å²) in [5.74, 6) is 0.400. The first-order valence-corrected chi connectivity index (χ1v) is 10.0. The van der Waals surface area contributed by atoms with E-state index in [2.05, 4.69) is 10.1 Å². The second-order valence-electron chi connectivity index (χ2n) is 8.13. The summed E-state index contributed by atoms with van der Waals surface area (Å²) in [5.41, 5.74) is 0.0874. The molecule has 1 saturated heterocycles. The van der Waals surface area contributed by atoms with Crippen molar-refractivity contribution in [3.05, 3.63) is 53.2 Å². The number of para-hydroxylation sites is 1. The molecule has 1 saturated carbocycles. The quantitative estimate of drug-likeness (QED) is 0.722. The molecule has 150 valence electrons. The molecule has 0 unspecified atom stereocenters. The van der Waals surface area contributed by atoms with Gasteiger partial charge in [0.05, 0.1) is 24.0 Å². The number of nitrogens with zero attached hydrogens (tertiary/aromatic N) is 5. The van der Waals surface area contributed by atoms with Crippen LogP contribution in [0.3, 0.4) is 0 Å². The maximum absolute atomic E-state index is 13.0. The van der Waals surface area contributed by atoms with Gasteiger partial charge in [0.2, 0.25) is 5.91 Å². The minimum Gasteiger partial charge on any atom is -0.388 e. The van der Waals surface area contributed by atoms with E-state index in [4.69, 9.17) is 0 Å². The third kappa shape index (κ3) is 3.33. The van der Waals surface area contributed by atoms with Crippen LogP contribution in [0.15, 0.2) is 47.7 Å². The summed E-state index contributed by atoms with van der Waals surface area (Å²) < 4.78 is 3.09. The number of aromatic nitrogens is 4. The standard InChI is InChI=1S/C21H23N5O3/c27-19(15-6-7-15)24-10-8-21(29,9-11-24)13-25-14-22-18-17(20(25)28)12-23-26(18)16-4-2-1-3-5-16/h1-5,12,14-15,29H,6-11,13H2. The lowest BCUT2D eigenvalue weighted by Crippen LogP contribution is -2.50. The molecule has 1 N–H and O–H groups in total. The Bertz CT molecular complexity index is 1110. The minimum absolute atomic E-state index is 0.163. The first kappa shape index (κ1) is 18.1. The van der Waals surface area contributed by atoms with Crippen molar-refractivity contribution in [2.75, 3.05) is 13.1 Å². The van der Waals surface area contributed by atoms with Crippen LogP contribution in [0.2, 0.25) is 0 Å². The number of carbonyl (C=O) groups is 1. The predicted molar refractivity (Wildman–Crippen MR) is 107 cm³/mol. The van der Waals surface area contributed by atoms with Crippen LogP contribution in [0, 0.1) is 5.92 Å². The van der Waals surface area contributed by atoms with Crippen molar-refractivity contribution in [1.29, 1.82) is 0 Å². The summed E-state index contributed by atoms with van der Waals surface area (Å²) in [6.45, 7) is 1.22. The van der Waals surface area contributed by atoms with Gasteiger partial charge in [-0.1, -0.05) is 18.2 Å². The molecule has 2 fully saturated rings. The molecule has 0 bridgehead atoms. The van der Waals surface area contributed by atoms with E-state index in [9.17, 15) is 14.7 Å². The fourth-order valence-electron chi connectivity index (χ4n) is 4.03. The van der Waals surface area contributed by atoms with Crippen molar-refractivity contribution in [3.8, 4) is 5.69 Å². The van der Waals surface area contributed by atoms with Gasteiger partial charge in [-0.25, -0.2) is 9.67 Å². The van der Waals surface area contributed by atoms with E-state index in [-0.39, 0.29) is 23.9 Å².